The van der Waals surface area contributed by atoms with Gasteiger partial charge in [-0.25, -0.2) is 0 Å². The molecule has 1 atom stereocenters. The summed E-state index contributed by atoms with van der Waals surface area (Å²) >= 11 is 1.65. The molecule has 0 aliphatic carbocycles. The quantitative estimate of drug-likeness (QED) is 0.858. The van der Waals surface area contributed by atoms with E-state index in [-0.39, 0.29) is 0 Å². The van der Waals surface area contributed by atoms with Gasteiger partial charge in [0.05, 0.1) is 0 Å². The molecule has 0 unspecified atom stereocenters. The Bertz CT molecular complexity index is 482. The van der Waals surface area contributed by atoms with Gasteiger partial charge in [0.25, 0.3) is 0 Å². The van der Waals surface area contributed by atoms with Crippen LogP contribution in [0.5, 0.6) is 0 Å². The van der Waals surface area contributed by atoms with Crippen LogP contribution in [0.25, 0.3) is 0 Å². The van der Waals surface area contributed by atoms with Gasteiger partial charge >= 0.3 is 0 Å². The van der Waals surface area contributed by atoms with Gasteiger partial charge in [0.1, 0.15) is 6.10 Å². The monoisotopic (exact) mass is 246 g/mol. The van der Waals surface area contributed by atoms with Crippen molar-refractivity contribution in [3.63, 3.8) is 0 Å². The van der Waals surface area contributed by atoms with Crippen LogP contribution in [0, 0.1) is 6.92 Å². The van der Waals surface area contributed by atoms with Crippen LogP contribution in [0.4, 0.5) is 0 Å². The van der Waals surface area contributed by atoms with Crippen LogP contribution in [0.15, 0.2) is 36.4 Å². The molecule has 1 aromatic carbocycles. The zero-order chi connectivity index (χ0) is 12.4. The molecule has 0 fully saturated rings. The Kier molecular flexibility index (Phi) is 3.65. The fraction of sp³-hybridized carbons (Fsp3) is 0.333. The molecule has 2 rings (SSSR count). The molecule has 17 heavy (non-hydrogen) atoms. The number of rotatable bonds is 3. The van der Waals surface area contributed by atoms with Crippen molar-refractivity contribution < 1.29 is 5.11 Å². The summed E-state index contributed by atoms with van der Waals surface area (Å²) in [6.07, 6.45) is -0.491. The van der Waals surface area contributed by atoms with E-state index in [9.17, 15) is 5.11 Å². The Morgan fingerprint density at radius 1 is 0.941 bits per heavy atom. The van der Waals surface area contributed by atoms with Gasteiger partial charge in [-0.05, 0) is 36.1 Å². The van der Waals surface area contributed by atoms with Gasteiger partial charge in [0.15, 0.2) is 0 Å². The highest BCUT2D eigenvalue weighted by atomic mass is 32.1. The molecule has 2 aromatic rings. The Labute approximate surface area is 107 Å². The SMILES string of the molecule is Cc1ccc([C@@H](O)c2ccc(C(C)C)cc2)s1. The lowest BCUT2D eigenvalue weighted by atomic mass is 9.99. The van der Waals surface area contributed by atoms with E-state index in [2.05, 4.69) is 32.9 Å². The summed E-state index contributed by atoms with van der Waals surface area (Å²) in [6.45, 7) is 6.41. The molecule has 1 N–H and O–H groups in total. The van der Waals surface area contributed by atoms with Gasteiger partial charge in [-0.2, -0.15) is 0 Å². The lowest BCUT2D eigenvalue weighted by Gasteiger charge is -2.11. The van der Waals surface area contributed by atoms with E-state index < -0.39 is 6.10 Å². The van der Waals surface area contributed by atoms with Crippen molar-refractivity contribution in [2.24, 2.45) is 0 Å². The zero-order valence-electron chi connectivity index (χ0n) is 10.5. The van der Waals surface area contributed by atoms with E-state index in [0.717, 1.165) is 10.4 Å². The Hall–Kier alpha value is -1.12. The number of benzene rings is 1. The van der Waals surface area contributed by atoms with Crippen LogP contribution < -0.4 is 0 Å². The van der Waals surface area contributed by atoms with Gasteiger partial charge in [0.2, 0.25) is 0 Å². The first-order valence-corrected chi connectivity index (χ1v) is 6.74. The van der Waals surface area contributed by atoms with Crippen LogP contribution in [0.3, 0.4) is 0 Å². The molecule has 0 spiro atoms. The van der Waals surface area contributed by atoms with Gasteiger partial charge in [-0.3, -0.25) is 0 Å². The highest BCUT2D eigenvalue weighted by Crippen LogP contribution is 2.28. The highest BCUT2D eigenvalue weighted by molar-refractivity contribution is 7.12. The van der Waals surface area contributed by atoms with Crippen molar-refractivity contribution in [3.05, 3.63) is 57.3 Å². The van der Waals surface area contributed by atoms with Crippen molar-refractivity contribution in [1.29, 1.82) is 0 Å². The number of hydrogen-bond donors (Lipinski definition) is 1. The second-order valence-corrected chi connectivity index (χ2v) is 5.99. The van der Waals surface area contributed by atoms with Crippen molar-refractivity contribution >= 4 is 11.3 Å². The van der Waals surface area contributed by atoms with E-state index in [0.29, 0.717) is 5.92 Å². The predicted octanol–water partition coefficient (Wildman–Crippen LogP) is 4.26. The van der Waals surface area contributed by atoms with Gasteiger partial charge in [-0.1, -0.05) is 38.1 Å². The molecule has 0 saturated carbocycles. The van der Waals surface area contributed by atoms with Crippen molar-refractivity contribution in [2.45, 2.75) is 32.8 Å². The summed E-state index contributed by atoms with van der Waals surface area (Å²) in [5.41, 5.74) is 2.28. The Balaban J connectivity index is 2.22. The molecule has 2 heteroatoms. The summed E-state index contributed by atoms with van der Waals surface area (Å²) < 4.78 is 0. The average molecular weight is 246 g/mol. The molecule has 0 aliphatic rings. The minimum absolute atomic E-state index is 0.491. The fourth-order valence-corrected chi connectivity index (χ4v) is 2.72. The molecule has 1 aromatic heterocycles. The third-order valence-corrected chi connectivity index (χ3v) is 4.00. The maximum atomic E-state index is 10.2. The number of aryl methyl sites for hydroxylation is 1. The lowest BCUT2D eigenvalue weighted by Crippen LogP contribution is -1.97. The standard InChI is InChI=1S/C15H18OS/c1-10(2)12-5-7-13(8-6-12)15(16)14-9-4-11(3)17-14/h4-10,15-16H,1-3H3/t15-/m0/s1. The molecule has 0 saturated heterocycles. The minimum atomic E-state index is -0.491. The topological polar surface area (TPSA) is 20.2 Å². The van der Waals surface area contributed by atoms with Gasteiger partial charge in [0, 0.05) is 9.75 Å². The molecule has 0 amide bonds. The van der Waals surface area contributed by atoms with Crippen LogP contribution in [0.2, 0.25) is 0 Å². The highest BCUT2D eigenvalue weighted by Gasteiger charge is 2.12. The first-order valence-electron chi connectivity index (χ1n) is 5.92. The van der Waals surface area contributed by atoms with E-state index in [1.807, 2.05) is 24.3 Å². The lowest BCUT2D eigenvalue weighted by molar-refractivity contribution is 0.224. The van der Waals surface area contributed by atoms with Gasteiger partial charge in [-0.15, -0.1) is 11.3 Å². The maximum absolute atomic E-state index is 10.2. The predicted molar refractivity (Wildman–Crippen MR) is 73.6 cm³/mol. The fourth-order valence-electron chi connectivity index (χ4n) is 1.83. The van der Waals surface area contributed by atoms with Gasteiger partial charge < -0.3 is 5.11 Å². The minimum Gasteiger partial charge on any atom is -0.383 e. The van der Waals surface area contributed by atoms with E-state index in [4.69, 9.17) is 0 Å². The molecule has 0 radical (unpaired) electrons. The van der Waals surface area contributed by atoms with E-state index in [1.54, 1.807) is 11.3 Å². The average Bonchev–Trinajstić information content (AvgIpc) is 2.75. The van der Waals surface area contributed by atoms with Crippen LogP contribution in [-0.2, 0) is 0 Å². The first kappa shape index (κ1) is 12.3. The van der Waals surface area contributed by atoms with Crippen molar-refractivity contribution in [1.82, 2.24) is 0 Å². The number of hydrogen-bond acceptors (Lipinski definition) is 2. The zero-order valence-corrected chi connectivity index (χ0v) is 11.3. The molecule has 0 aliphatic heterocycles. The van der Waals surface area contributed by atoms with Crippen molar-refractivity contribution in [2.75, 3.05) is 0 Å². The summed E-state index contributed by atoms with van der Waals surface area (Å²) in [7, 11) is 0. The molecule has 90 valence electrons. The first-order chi connectivity index (χ1) is 8.08. The largest absolute Gasteiger partial charge is 0.383 e. The summed E-state index contributed by atoms with van der Waals surface area (Å²) in [6, 6.07) is 12.3. The molecular formula is C15H18OS. The second-order valence-electron chi connectivity index (χ2n) is 4.67. The smallest absolute Gasteiger partial charge is 0.113 e. The summed E-state index contributed by atoms with van der Waals surface area (Å²) in [5.74, 6) is 0.533. The van der Waals surface area contributed by atoms with Crippen LogP contribution in [-0.4, -0.2) is 5.11 Å². The van der Waals surface area contributed by atoms with E-state index >= 15 is 0 Å². The summed E-state index contributed by atoms with van der Waals surface area (Å²) in [5, 5.41) is 10.2. The second kappa shape index (κ2) is 5.03. The number of thiophene rings is 1. The number of aliphatic hydroxyl groups excluding tert-OH is 1. The van der Waals surface area contributed by atoms with Crippen molar-refractivity contribution in [3.8, 4) is 0 Å². The molecule has 0 bridgehead atoms. The molecule has 1 heterocycles. The molecule has 1 nitrogen and oxygen atoms in total. The molecular weight excluding hydrogens is 228 g/mol. The van der Waals surface area contributed by atoms with E-state index in [1.165, 1.54) is 10.4 Å². The number of aliphatic hydroxyl groups is 1. The Morgan fingerprint density at radius 2 is 1.53 bits per heavy atom. The normalized spacial score (nSPS) is 13.0. The summed E-state index contributed by atoms with van der Waals surface area (Å²) in [4.78, 5) is 2.25. The third kappa shape index (κ3) is 2.76. The van der Waals surface area contributed by atoms with Crippen LogP contribution >= 0.6 is 11.3 Å². The third-order valence-electron chi connectivity index (χ3n) is 2.95. The maximum Gasteiger partial charge on any atom is 0.113 e. The Morgan fingerprint density at radius 3 is 2.00 bits per heavy atom. The van der Waals surface area contributed by atoms with Crippen LogP contribution in [0.1, 0.15) is 46.8 Å².